The van der Waals surface area contributed by atoms with Crippen molar-refractivity contribution >= 4 is 24.4 Å². The van der Waals surface area contributed by atoms with Crippen LogP contribution in [0.25, 0.3) is 0 Å². The maximum atomic E-state index is 12.1. The molecule has 2 aliphatic rings. The van der Waals surface area contributed by atoms with Crippen LogP contribution in [0.2, 0.25) is 0 Å². The predicted octanol–water partition coefficient (Wildman–Crippen LogP) is 0.164. The second-order valence-electron chi connectivity index (χ2n) is 5.50. The SMILES string of the molecule is CC(=O)NC(CS)C(=O)NC1CCN2CCCC2C1. The minimum Gasteiger partial charge on any atom is -0.351 e. The second-order valence-corrected chi connectivity index (χ2v) is 5.86. The van der Waals surface area contributed by atoms with Crippen molar-refractivity contribution < 1.29 is 9.59 Å². The third-order valence-corrected chi connectivity index (χ3v) is 4.41. The first-order valence-electron chi connectivity index (χ1n) is 7.02. The number of hydrogen-bond acceptors (Lipinski definition) is 4. The Kier molecular flexibility index (Phi) is 5.10. The molecule has 3 unspecified atom stereocenters. The number of piperidine rings is 1. The van der Waals surface area contributed by atoms with Gasteiger partial charge in [0.05, 0.1) is 0 Å². The summed E-state index contributed by atoms with van der Waals surface area (Å²) in [5.41, 5.74) is 0. The van der Waals surface area contributed by atoms with E-state index in [0.29, 0.717) is 11.8 Å². The smallest absolute Gasteiger partial charge is 0.243 e. The van der Waals surface area contributed by atoms with Gasteiger partial charge in [-0.2, -0.15) is 12.6 Å². The summed E-state index contributed by atoms with van der Waals surface area (Å²) in [5.74, 6) is 0.0229. The van der Waals surface area contributed by atoms with Crippen LogP contribution in [0.4, 0.5) is 0 Å². The zero-order valence-corrected chi connectivity index (χ0v) is 12.3. The molecule has 3 atom stereocenters. The Balaban J connectivity index is 1.82. The molecule has 2 amide bonds. The van der Waals surface area contributed by atoms with E-state index in [4.69, 9.17) is 0 Å². The van der Waals surface area contributed by atoms with Crippen molar-refractivity contribution in [1.29, 1.82) is 0 Å². The Labute approximate surface area is 119 Å². The molecule has 0 spiro atoms. The molecule has 0 aromatic carbocycles. The second kappa shape index (κ2) is 6.61. The maximum absolute atomic E-state index is 12.1. The van der Waals surface area contributed by atoms with Gasteiger partial charge in [0, 0.05) is 31.3 Å². The lowest BCUT2D eigenvalue weighted by atomic mass is 9.97. The van der Waals surface area contributed by atoms with E-state index < -0.39 is 6.04 Å². The number of hydrogen-bond donors (Lipinski definition) is 3. The van der Waals surface area contributed by atoms with Crippen LogP contribution in [-0.4, -0.2) is 53.7 Å². The third kappa shape index (κ3) is 3.86. The van der Waals surface area contributed by atoms with Gasteiger partial charge in [0.2, 0.25) is 11.8 Å². The molecular weight excluding hydrogens is 262 g/mol. The highest BCUT2D eigenvalue weighted by Crippen LogP contribution is 2.26. The van der Waals surface area contributed by atoms with Gasteiger partial charge < -0.3 is 15.5 Å². The van der Waals surface area contributed by atoms with Gasteiger partial charge in [0.1, 0.15) is 6.04 Å². The van der Waals surface area contributed by atoms with E-state index in [9.17, 15) is 9.59 Å². The zero-order chi connectivity index (χ0) is 13.8. The fourth-order valence-corrected chi connectivity index (χ4v) is 3.35. The lowest BCUT2D eigenvalue weighted by Crippen LogP contribution is -2.53. The van der Waals surface area contributed by atoms with Crippen molar-refractivity contribution in [3.63, 3.8) is 0 Å². The summed E-state index contributed by atoms with van der Waals surface area (Å²) in [4.78, 5) is 25.6. The summed E-state index contributed by atoms with van der Waals surface area (Å²) in [6.07, 6.45) is 4.55. The Hall–Kier alpha value is -0.750. The van der Waals surface area contributed by atoms with E-state index in [2.05, 4.69) is 28.2 Å². The van der Waals surface area contributed by atoms with Gasteiger partial charge in [-0.25, -0.2) is 0 Å². The standard InChI is InChI=1S/C13H23N3O2S/c1-9(17)14-12(8-19)13(18)15-10-4-6-16-5-2-3-11(16)7-10/h10-12,19H,2-8H2,1H3,(H,14,17)(H,15,18). The lowest BCUT2D eigenvalue weighted by Gasteiger charge is -2.35. The number of carbonyl (C=O) groups is 2. The van der Waals surface area contributed by atoms with E-state index >= 15 is 0 Å². The fourth-order valence-electron chi connectivity index (χ4n) is 3.10. The predicted molar refractivity (Wildman–Crippen MR) is 77.2 cm³/mol. The highest BCUT2D eigenvalue weighted by Gasteiger charge is 2.33. The van der Waals surface area contributed by atoms with Crippen LogP contribution in [0, 0.1) is 0 Å². The zero-order valence-electron chi connectivity index (χ0n) is 11.4. The van der Waals surface area contributed by atoms with Crippen LogP contribution in [0.5, 0.6) is 0 Å². The van der Waals surface area contributed by atoms with E-state index in [0.717, 1.165) is 19.4 Å². The van der Waals surface area contributed by atoms with Gasteiger partial charge in [-0.05, 0) is 32.2 Å². The third-order valence-electron chi connectivity index (χ3n) is 4.04. The van der Waals surface area contributed by atoms with Gasteiger partial charge in [-0.1, -0.05) is 0 Å². The number of nitrogens with one attached hydrogen (secondary N) is 2. The molecule has 0 aromatic rings. The van der Waals surface area contributed by atoms with Crippen molar-refractivity contribution in [1.82, 2.24) is 15.5 Å². The first-order valence-corrected chi connectivity index (χ1v) is 7.65. The normalized spacial score (nSPS) is 28.5. The van der Waals surface area contributed by atoms with Crippen LogP contribution in [-0.2, 0) is 9.59 Å². The largest absolute Gasteiger partial charge is 0.351 e. The van der Waals surface area contributed by atoms with Gasteiger partial charge in [0.25, 0.3) is 0 Å². The Morgan fingerprint density at radius 1 is 1.37 bits per heavy atom. The molecule has 0 aromatic heterocycles. The molecule has 19 heavy (non-hydrogen) atoms. The summed E-state index contributed by atoms with van der Waals surface area (Å²) in [5, 5.41) is 5.69. The van der Waals surface area contributed by atoms with Gasteiger partial charge in [-0.15, -0.1) is 0 Å². The summed E-state index contributed by atoms with van der Waals surface area (Å²) in [6, 6.07) is 0.347. The topological polar surface area (TPSA) is 61.4 Å². The minimum atomic E-state index is -0.526. The molecule has 0 saturated carbocycles. The summed E-state index contributed by atoms with van der Waals surface area (Å²) in [6.45, 7) is 3.69. The van der Waals surface area contributed by atoms with Crippen molar-refractivity contribution in [3.05, 3.63) is 0 Å². The summed E-state index contributed by atoms with van der Waals surface area (Å²) in [7, 11) is 0. The summed E-state index contributed by atoms with van der Waals surface area (Å²) >= 11 is 4.12. The quantitative estimate of drug-likeness (QED) is 0.645. The molecule has 0 aliphatic carbocycles. The maximum Gasteiger partial charge on any atom is 0.243 e. The van der Waals surface area contributed by atoms with Gasteiger partial charge >= 0.3 is 0 Å². The molecule has 2 rings (SSSR count). The molecule has 2 fully saturated rings. The average Bonchev–Trinajstić information content (AvgIpc) is 2.82. The highest BCUT2D eigenvalue weighted by molar-refractivity contribution is 7.80. The average molecular weight is 285 g/mol. The van der Waals surface area contributed by atoms with Crippen molar-refractivity contribution in [2.45, 2.75) is 50.7 Å². The molecule has 108 valence electrons. The van der Waals surface area contributed by atoms with Gasteiger partial charge in [0.15, 0.2) is 0 Å². The highest BCUT2D eigenvalue weighted by atomic mass is 32.1. The summed E-state index contributed by atoms with van der Waals surface area (Å²) < 4.78 is 0. The molecular formula is C13H23N3O2S. The lowest BCUT2D eigenvalue weighted by molar-refractivity contribution is -0.128. The first-order chi connectivity index (χ1) is 9.10. The molecule has 2 heterocycles. The van der Waals surface area contributed by atoms with Crippen molar-refractivity contribution in [2.24, 2.45) is 0 Å². The Morgan fingerprint density at radius 3 is 2.84 bits per heavy atom. The number of fused-ring (bicyclic) bond motifs is 1. The van der Waals surface area contributed by atoms with E-state index in [1.807, 2.05) is 0 Å². The van der Waals surface area contributed by atoms with Crippen LogP contribution in [0.15, 0.2) is 0 Å². The minimum absolute atomic E-state index is 0.110. The Morgan fingerprint density at radius 2 is 2.16 bits per heavy atom. The monoisotopic (exact) mass is 285 g/mol. The van der Waals surface area contributed by atoms with Crippen LogP contribution in [0.1, 0.15) is 32.6 Å². The van der Waals surface area contributed by atoms with Crippen molar-refractivity contribution in [2.75, 3.05) is 18.8 Å². The Bertz CT molecular complexity index is 351. The first kappa shape index (κ1) is 14.7. The number of carbonyl (C=O) groups excluding carboxylic acids is 2. The molecule has 0 bridgehead atoms. The molecule has 5 nitrogen and oxygen atoms in total. The van der Waals surface area contributed by atoms with Crippen molar-refractivity contribution in [3.8, 4) is 0 Å². The number of thiol groups is 1. The number of nitrogens with zero attached hydrogens (tertiary/aromatic N) is 1. The fraction of sp³-hybridized carbons (Fsp3) is 0.846. The number of rotatable bonds is 4. The van der Waals surface area contributed by atoms with E-state index in [-0.39, 0.29) is 17.9 Å². The molecule has 2 saturated heterocycles. The van der Waals surface area contributed by atoms with Crippen LogP contribution < -0.4 is 10.6 Å². The van der Waals surface area contributed by atoms with Gasteiger partial charge in [-0.3, -0.25) is 9.59 Å². The molecule has 6 heteroatoms. The molecule has 0 radical (unpaired) electrons. The molecule has 2 N–H and O–H groups in total. The van der Waals surface area contributed by atoms with Crippen LogP contribution >= 0.6 is 12.6 Å². The van der Waals surface area contributed by atoms with Crippen LogP contribution in [0.3, 0.4) is 0 Å². The number of amides is 2. The van der Waals surface area contributed by atoms with E-state index in [1.54, 1.807) is 0 Å². The molecule has 2 aliphatic heterocycles. The van der Waals surface area contributed by atoms with E-state index in [1.165, 1.54) is 26.3 Å².